The van der Waals surface area contributed by atoms with Crippen LogP contribution in [-0.2, 0) is 13.0 Å². The van der Waals surface area contributed by atoms with Crippen LogP contribution in [0.5, 0.6) is 5.75 Å². The van der Waals surface area contributed by atoms with E-state index >= 15 is 0 Å². The van der Waals surface area contributed by atoms with Gasteiger partial charge in [-0.1, -0.05) is 12.1 Å². The van der Waals surface area contributed by atoms with E-state index < -0.39 is 0 Å². The van der Waals surface area contributed by atoms with Gasteiger partial charge < -0.3 is 14.2 Å². The lowest BCUT2D eigenvalue weighted by Gasteiger charge is -2.30. The van der Waals surface area contributed by atoms with Crippen molar-refractivity contribution < 1.29 is 9.53 Å². The summed E-state index contributed by atoms with van der Waals surface area (Å²) in [6.07, 6.45) is 3.34. The number of fused-ring (bicyclic) bond motifs is 1. The zero-order chi connectivity index (χ0) is 22.8. The van der Waals surface area contributed by atoms with Crippen molar-refractivity contribution in [3.63, 3.8) is 0 Å². The third kappa shape index (κ3) is 4.82. The van der Waals surface area contributed by atoms with E-state index in [2.05, 4.69) is 50.5 Å². The maximum Gasteiger partial charge on any atom is 0.254 e. The standard InChI is InChI=1S/C27H35N3O2/c1-6-32-23-12-9-20(10-13-23)15-26-28-24-16-22(27(31)30(18(2)3)19(4)5)11-14-25(24)29(26)17-21-7-8-21/h9-14,16,18-19,21H,6-8,15,17H2,1-5H3. The summed E-state index contributed by atoms with van der Waals surface area (Å²) < 4.78 is 7.94. The van der Waals surface area contributed by atoms with Gasteiger partial charge in [0.1, 0.15) is 11.6 Å². The van der Waals surface area contributed by atoms with Gasteiger partial charge in [0.25, 0.3) is 5.91 Å². The largest absolute Gasteiger partial charge is 0.494 e. The molecule has 4 rings (SSSR count). The molecule has 0 radical (unpaired) electrons. The fraction of sp³-hybridized carbons (Fsp3) is 0.481. The fourth-order valence-electron chi connectivity index (χ4n) is 4.48. The summed E-state index contributed by atoms with van der Waals surface area (Å²) in [5.41, 5.74) is 3.95. The Morgan fingerprint density at radius 3 is 2.38 bits per heavy atom. The van der Waals surface area contributed by atoms with Crippen molar-refractivity contribution in [2.75, 3.05) is 6.61 Å². The van der Waals surface area contributed by atoms with Crippen molar-refractivity contribution in [2.24, 2.45) is 5.92 Å². The molecule has 5 heteroatoms. The van der Waals surface area contributed by atoms with Crippen LogP contribution >= 0.6 is 0 Å². The number of carbonyl (C=O) groups is 1. The van der Waals surface area contributed by atoms with Crippen LogP contribution in [-0.4, -0.2) is 39.0 Å². The molecule has 3 aromatic rings. The lowest BCUT2D eigenvalue weighted by molar-refractivity contribution is 0.0644. The predicted molar refractivity (Wildman–Crippen MR) is 129 cm³/mol. The Bertz CT molecular complexity index is 1070. The highest BCUT2D eigenvalue weighted by atomic mass is 16.5. The molecule has 2 aromatic carbocycles. The van der Waals surface area contributed by atoms with Crippen LogP contribution in [0.25, 0.3) is 11.0 Å². The van der Waals surface area contributed by atoms with Crippen molar-refractivity contribution in [1.82, 2.24) is 14.5 Å². The van der Waals surface area contributed by atoms with Gasteiger partial charge in [-0.2, -0.15) is 0 Å². The normalized spacial score (nSPS) is 13.8. The molecular weight excluding hydrogens is 398 g/mol. The van der Waals surface area contributed by atoms with Crippen LogP contribution in [0.2, 0.25) is 0 Å². The highest BCUT2D eigenvalue weighted by molar-refractivity contribution is 5.97. The number of nitrogens with zero attached hydrogens (tertiary/aromatic N) is 3. The Labute approximate surface area is 191 Å². The molecule has 0 N–H and O–H groups in total. The van der Waals surface area contributed by atoms with Gasteiger partial charge in [0.15, 0.2) is 0 Å². The van der Waals surface area contributed by atoms with Crippen LogP contribution in [0.3, 0.4) is 0 Å². The lowest BCUT2D eigenvalue weighted by Crippen LogP contribution is -2.42. The predicted octanol–water partition coefficient (Wildman–Crippen LogP) is 5.69. The lowest BCUT2D eigenvalue weighted by atomic mass is 10.1. The van der Waals surface area contributed by atoms with E-state index in [1.54, 1.807) is 0 Å². The number of rotatable bonds is 9. The topological polar surface area (TPSA) is 47.4 Å². The zero-order valence-corrected chi connectivity index (χ0v) is 20.0. The van der Waals surface area contributed by atoms with Crippen molar-refractivity contribution in [2.45, 2.75) is 72.5 Å². The second-order valence-electron chi connectivity index (χ2n) is 9.44. The van der Waals surface area contributed by atoms with Gasteiger partial charge in [0.05, 0.1) is 17.6 Å². The average molecular weight is 434 g/mol. The van der Waals surface area contributed by atoms with Crippen LogP contribution in [0, 0.1) is 5.92 Å². The van der Waals surface area contributed by atoms with Gasteiger partial charge in [-0.25, -0.2) is 4.98 Å². The molecule has 0 unspecified atom stereocenters. The number of benzene rings is 2. The van der Waals surface area contributed by atoms with Gasteiger partial charge in [0, 0.05) is 30.6 Å². The summed E-state index contributed by atoms with van der Waals surface area (Å²) in [7, 11) is 0. The number of hydrogen-bond donors (Lipinski definition) is 0. The summed E-state index contributed by atoms with van der Waals surface area (Å²) in [5.74, 6) is 2.77. The molecule has 1 aliphatic carbocycles. The fourth-order valence-corrected chi connectivity index (χ4v) is 4.48. The van der Waals surface area contributed by atoms with E-state index in [0.717, 1.165) is 41.5 Å². The maximum absolute atomic E-state index is 13.2. The molecule has 0 saturated heterocycles. The van der Waals surface area contributed by atoms with E-state index in [0.29, 0.717) is 12.2 Å². The smallest absolute Gasteiger partial charge is 0.254 e. The Hall–Kier alpha value is -2.82. The highest BCUT2D eigenvalue weighted by Gasteiger charge is 2.26. The molecule has 170 valence electrons. The first kappa shape index (κ1) is 22.4. The monoisotopic (exact) mass is 433 g/mol. The molecule has 0 spiro atoms. The maximum atomic E-state index is 13.2. The third-order valence-electron chi connectivity index (χ3n) is 6.16. The van der Waals surface area contributed by atoms with E-state index in [1.165, 1.54) is 18.4 Å². The van der Waals surface area contributed by atoms with Crippen LogP contribution in [0.15, 0.2) is 42.5 Å². The zero-order valence-electron chi connectivity index (χ0n) is 20.0. The molecule has 0 aliphatic heterocycles. The minimum atomic E-state index is 0.0710. The molecule has 1 aromatic heterocycles. The quantitative estimate of drug-likeness (QED) is 0.435. The van der Waals surface area contributed by atoms with Crippen LogP contribution < -0.4 is 4.74 Å². The van der Waals surface area contributed by atoms with Gasteiger partial charge in [-0.05, 0) is 89.3 Å². The molecule has 1 aliphatic rings. The Kier molecular flexibility index (Phi) is 6.54. The van der Waals surface area contributed by atoms with Crippen LogP contribution in [0.4, 0.5) is 0 Å². The number of aromatic nitrogens is 2. The van der Waals surface area contributed by atoms with Crippen molar-refractivity contribution in [3.8, 4) is 5.75 Å². The summed E-state index contributed by atoms with van der Waals surface area (Å²) in [6, 6.07) is 14.6. The second kappa shape index (κ2) is 9.35. The van der Waals surface area contributed by atoms with E-state index in [1.807, 2.05) is 36.1 Å². The van der Waals surface area contributed by atoms with Gasteiger partial charge in [0.2, 0.25) is 0 Å². The number of ether oxygens (including phenoxy) is 1. The summed E-state index contributed by atoms with van der Waals surface area (Å²) in [4.78, 5) is 20.1. The number of hydrogen-bond acceptors (Lipinski definition) is 3. The number of amides is 1. The first-order valence-corrected chi connectivity index (χ1v) is 11.9. The molecule has 0 atom stereocenters. The van der Waals surface area contributed by atoms with Gasteiger partial charge in [-0.15, -0.1) is 0 Å². The van der Waals surface area contributed by atoms with Gasteiger partial charge >= 0.3 is 0 Å². The van der Waals surface area contributed by atoms with E-state index in [-0.39, 0.29) is 18.0 Å². The molecule has 1 amide bonds. The molecule has 5 nitrogen and oxygen atoms in total. The minimum absolute atomic E-state index is 0.0710. The molecule has 0 bridgehead atoms. The van der Waals surface area contributed by atoms with Gasteiger partial charge in [-0.3, -0.25) is 4.79 Å². The van der Waals surface area contributed by atoms with E-state index in [4.69, 9.17) is 9.72 Å². The Morgan fingerprint density at radius 2 is 1.78 bits per heavy atom. The molecule has 1 saturated carbocycles. The van der Waals surface area contributed by atoms with Crippen LogP contribution in [0.1, 0.15) is 69.2 Å². The third-order valence-corrected chi connectivity index (χ3v) is 6.16. The number of imidazole rings is 1. The summed E-state index contributed by atoms with van der Waals surface area (Å²) in [6.45, 7) is 11.9. The second-order valence-corrected chi connectivity index (χ2v) is 9.44. The highest BCUT2D eigenvalue weighted by Crippen LogP contribution is 2.33. The number of carbonyl (C=O) groups excluding carboxylic acids is 1. The summed E-state index contributed by atoms with van der Waals surface area (Å²) in [5, 5.41) is 0. The summed E-state index contributed by atoms with van der Waals surface area (Å²) >= 11 is 0. The first-order valence-electron chi connectivity index (χ1n) is 11.9. The Morgan fingerprint density at radius 1 is 1.09 bits per heavy atom. The van der Waals surface area contributed by atoms with Crippen molar-refractivity contribution >= 4 is 16.9 Å². The molecule has 1 heterocycles. The van der Waals surface area contributed by atoms with E-state index in [9.17, 15) is 4.79 Å². The SMILES string of the molecule is CCOc1ccc(Cc2nc3cc(C(=O)N(C(C)C)C(C)C)ccc3n2CC2CC2)cc1. The molecular formula is C27H35N3O2. The first-order chi connectivity index (χ1) is 15.4. The van der Waals surface area contributed by atoms with Crippen molar-refractivity contribution in [1.29, 1.82) is 0 Å². The minimum Gasteiger partial charge on any atom is -0.494 e. The van der Waals surface area contributed by atoms with Crippen molar-refractivity contribution in [3.05, 3.63) is 59.4 Å². The molecule has 32 heavy (non-hydrogen) atoms. The average Bonchev–Trinajstić information content (AvgIpc) is 3.51. The molecule has 1 fully saturated rings. The Balaban J connectivity index is 1.67.